The van der Waals surface area contributed by atoms with Crippen molar-refractivity contribution >= 4 is 17.3 Å². The molecule has 1 amide bonds. The first-order valence-corrected chi connectivity index (χ1v) is 6.91. The number of aliphatic hydroxyl groups excluding tert-OH is 1. The monoisotopic (exact) mass is 295 g/mol. The summed E-state index contributed by atoms with van der Waals surface area (Å²) in [6.45, 7) is 2.46. The van der Waals surface area contributed by atoms with Crippen LogP contribution in [0.2, 0.25) is 0 Å². The topological polar surface area (TPSA) is 95.7 Å². The number of aliphatic hydroxyl groups is 1. The molecule has 0 saturated carbocycles. The third-order valence-corrected chi connectivity index (χ3v) is 3.15. The lowest BCUT2D eigenvalue weighted by atomic mass is 10.1. The number of unbranched alkanes of at least 4 members (excludes halogenated alkanes) is 1. The second-order valence-corrected chi connectivity index (χ2v) is 4.61. The Kier molecular flexibility index (Phi) is 6.61. The summed E-state index contributed by atoms with van der Waals surface area (Å²) in [5, 5.41) is 23.0. The van der Waals surface area contributed by atoms with Crippen LogP contribution in [0.4, 0.5) is 11.4 Å². The van der Waals surface area contributed by atoms with Gasteiger partial charge in [0.15, 0.2) is 0 Å². The van der Waals surface area contributed by atoms with E-state index < -0.39 is 10.8 Å². The zero-order chi connectivity index (χ0) is 15.8. The van der Waals surface area contributed by atoms with Gasteiger partial charge in [-0.15, -0.1) is 0 Å². The number of carbonyl (C=O) groups is 1. The molecule has 0 aromatic heterocycles. The molecule has 0 aliphatic heterocycles. The lowest BCUT2D eigenvalue weighted by Crippen LogP contribution is -2.34. The minimum absolute atomic E-state index is 0.0383. The highest BCUT2D eigenvalue weighted by molar-refractivity contribution is 5.99. The van der Waals surface area contributed by atoms with Crippen LogP contribution >= 0.6 is 0 Å². The zero-order valence-corrected chi connectivity index (χ0v) is 12.3. The maximum Gasteiger partial charge on any atom is 0.282 e. The van der Waals surface area contributed by atoms with Crippen LogP contribution in [0.25, 0.3) is 0 Å². The van der Waals surface area contributed by atoms with Crippen LogP contribution in [-0.4, -0.2) is 47.6 Å². The molecule has 7 heteroatoms. The predicted molar refractivity (Wildman–Crippen MR) is 80.5 cm³/mol. The molecular weight excluding hydrogens is 274 g/mol. The standard InChI is InChI=1S/C14H21N3O4/c1-3-4-7-16(8-9-18)14(19)12-10-11(15-2)5-6-13(12)17(20)21/h5-6,10,15,18H,3-4,7-9H2,1-2H3. The molecular formula is C14H21N3O4. The summed E-state index contributed by atoms with van der Waals surface area (Å²) in [5.41, 5.74) is 0.443. The van der Waals surface area contributed by atoms with Gasteiger partial charge in [0.05, 0.1) is 11.5 Å². The summed E-state index contributed by atoms with van der Waals surface area (Å²) in [6.07, 6.45) is 1.68. The Bertz CT molecular complexity index is 505. The van der Waals surface area contributed by atoms with Gasteiger partial charge in [0, 0.05) is 31.9 Å². The molecule has 1 aromatic rings. The normalized spacial score (nSPS) is 10.2. The molecule has 0 saturated heterocycles. The Hall–Kier alpha value is -2.15. The predicted octanol–water partition coefficient (Wildman–Crippen LogP) is 1.87. The van der Waals surface area contributed by atoms with Crippen molar-refractivity contribution in [2.45, 2.75) is 19.8 Å². The summed E-state index contributed by atoms with van der Waals surface area (Å²) < 4.78 is 0. The fourth-order valence-corrected chi connectivity index (χ4v) is 1.98. The largest absolute Gasteiger partial charge is 0.395 e. The van der Waals surface area contributed by atoms with Gasteiger partial charge in [0.1, 0.15) is 5.56 Å². The Morgan fingerprint density at radius 3 is 2.67 bits per heavy atom. The molecule has 0 unspecified atom stereocenters. The van der Waals surface area contributed by atoms with Crippen molar-refractivity contribution in [3.8, 4) is 0 Å². The number of rotatable bonds is 8. The number of hydrogen-bond donors (Lipinski definition) is 2. The number of nitro groups is 1. The number of benzene rings is 1. The van der Waals surface area contributed by atoms with Gasteiger partial charge < -0.3 is 15.3 Å². The molecule has 1 rings (SSSR count). The Morgan fingerprint density at radius 2 is 2.14 bits per heavy atom. The third-order valence-electron chi connectivity index (χ3n) is 3.15. The number of amides is 1. The maximum absolute atomic E-state index is 12.5. The highest BCUT2D eigenvalue weighted by atomic mass is 16.6. The first kappa shape index (κ1) is 16.9. The molecule has 116 valence electrons. The van der Waals surface area contributed by atoms with E-state index in [-0.39, 0.29) is 24.4 Å². The average Bonchev–Trinajstić information content (AvgIpc) is 2.49. The molecule has 0 radical (unpaired) electrons. The number of nitrogens with zero attached hydrogens (tertiary/aromatic N) is 2. The van der Waals surface area contributed by atoms with Gasteiger partial charge in [-0.1, -0.05) is 13.3 Å². The van der Waals surface area contributed by atoms with Gasteiger partial charge in [0.2, 0.25) is 0 Å². The van der Waals surface area contributed by atoms with Gasteiger partial charge in [-0.3, -0.25) is 14.9 Å². The molecule has 21 heavy (non-hydrogen) atoms. The van der Waals surface area contributed by atoms with Gasteiger partial charge in [0.25, 0.3) is 11.6 Å². The maximum atomic E-state index is 12.5. The van der Waals surface area contributed by atoms with Gasteiger partial charge >= 0.3 is 0 Å². The SMILES string of the molecule is CCCCN(CCO)C(=O)c1cc(NC)ccc1[N+](=O)[O-]. The smallest absolute Gasteiger partial charge is 0.282 e. The summed E-state index contributed by atoms with van der Waals surface area (Å²) in [7, 11) is 1.68. The van der Waals surface area contributed by atoms with Gasteiger partial charge in [-0.2, -0.15) is 0 Å². The molecule has 7 nitrogen and oxygen atoms in total. The molecule has 0 bridgehead atoms. The van der Waals surface area contributed by atoms with E-state index in [1.54, 1.807) is 13.1 Å². The van der Waals surface area contributed by atoms with Crippen molar-refractivity contribution < 1.29 is 14.8 Å². The van der Waals surface area contributed by atoms with Crippen molar-refractivity contribution in [1.82, 2.24) is 4.90 Å². The highest BCUT2D eigenvalue weighted by Crippen LogP contribution is 2.24. The fourth-order valence-electron chi connectivity index (χ4n) is 1.98. The van der Waals surface area contributed by atoms with Crippen LogP contribution in [0.5, 0.6) is 0 Å². The van der Waals surface area contributed by atoms with Gasteiger partial charge in [-0.05, 0) is 18.6 Å². The van der Waals surface area contributed by atoms with E-state index in [0.717, 1.165) is 12.8 Å². The molecule has 0 fully saturated rings. The van der Waals surface area contributed by atoms with Crippen molar-refractivity contribution in [2.75, 3.05) is 32.1 Å². The van der Waals surface area contributed by atoms with Crippen LogP contribution in [0.15, 0.2) is 18.2 Å². The second kappa shape index (κ2) is 8.21. The third kappa shape index (κ3) is 4.42. The number of nitrogens with one attached hydrogen (secondary N) is 1. The van der Waals surface area contributed by atoms with Crippen molar-refractivity contribution in [3.05, 3.63) is 33.9 Å². The summed E-state index contributed by atoms with van der Waals surface area (Å²) in [6, 6.07) is 4.34. The van der Waals surface area contributed by atoms with Crippen LogP contribution in [-0.2, 0) is 0 Å². The first-order valence-electron chi connectivity index (χ1n) is 6.91. The van der Waals surface area contributed by atoms with E-state index in [1.807, 2.05) is 6.92 Å². The van der Waals surface area contributed by atoms with E-state index in [2.05, 4.69) is 5.32 Å². The Balaban J connectivity index is 3.14. The summed E-state index contributed by atoms with van der Waals surface area (Å²) in [4.78, 5) is 24.5. The molecule has 2 N–H and O–H groups in total. The molecule has 1 aromatic carbocycles. The Labute approximate surface area is 123 Å². The summed E-state index contributed by atoms with van der Waals surface area (Å²) >= 11 is 0. The van der Waals surface area contributed by atoms with E-state index in [9.17, 15) is 14.9 Å². The van der Waals surface area contributed by atoms with Crippen LogP contribution in [0.1, 0.15) is 30.1 Å². The minimum Gasteiger partial charge on any atom is -0.395 e. The zero-order valence-electron chi connectivity index (χ0n) is 12.3. The molecule has 0 heterocycles. The van der Waals surface area contributed by atoms with Crippen molar-refractivity contribution in [2.24, 2.45) is 0 Å². The highest BCUT2D eigenvalue weighted by Gasteiger charge is 2.24. The first-order chi connectivity index (χ1) is 10.0. The fraction of sp³-hybridized carbons (Fsp3) is 0.500. The van der Waals surface area contributed by atoms with Crippen molar-refractivity contribution in [1.29, 1.82) is 0 Å². The van der Waals surface area contributed by atoms with Crippen LogP contribution in [0.3, 0.4) is 0 Å². The molecule has 0 atom stereocenters. The lowest BCUT2D eigenvalue weighted by Gasteiger charge is -2.21. The van der Waals surface area contributed by atoms with E-state index in [4.69, 9.17) is 5.11 Å². The Morgan fingerprint density at radius 1 is 1.43 bits per heavy atom. The number of nitro benzene ring substituents is 1. The average molecular weight is 295 g/mol. The quantitative estimate of drug-likeness (QED) is 0.564. The molecule has 0 aliphatic rings. The number of carbonyl (C=O) groups excluding carboxylic acids is 1. The van der Waals surface area contributed by atoms with Gasteiger partial charge in [-0.25, -0.2) is 0 Å². The van der Waals surface area contributed by atoms with Crippen LogP contribution in [0, 0.1) is 10.1 Å². The molecule has 0 aliphatic carbocycles. The summed E-state index contributed by atoms with van der Waals surface area (Å²) in [5.74, 6) is -0.429. The number of anilines is 1. The van der Waals surface area contributed by atoms with E-state index in [1.165, 1.54) is 17.0 Å². The minimum atomic E-state index is -0.566. The number of hydrogen-bond acceptors (Lipinski definition) is 5. The van der Waals surface area contributed by atoms with E-state index in [0.29, 0.717) is 12.2 Å². The van der Waals surface area contributed by atoms with E-state index >= 15 is 0 Å². The van der Waals surface area contributed by atoms with Crippen LogP contribution < -0.4 is 5.32 Å². The lowest BCUT2D eigenvalue weighted by molar-refractivity contribution is -0.385. The second-order valence-electron chi connectivity index (χ2n) is 4.61. The molecule has 0 spiro atoms. The van der Waals surface area contributed by atoms with Crippen molar-refractivity contribution in [3.63, 3.8) is 0 Å².